The molecule has 2 nitrogen and oxygen atoms in total. The van der Waals surface area contributed by atoms with Crippen molar-refractivity contribution in [2.45, 2.75) is 19.2 Å². The fraction of sp³-hybridized carbons (Fsp3) is 0.700. The van der Waals surface area contributed by atoms with Gasteiger partial charge in [-0.05, 0) is 6.92 Å². The average Bonchev–Trinajstić information content (AvgIpc) is 2.75. The zero-order valence-electron chi connectivity index (χ0n) is 9.93. The number of nitriles is 1. The average molecular weight is 219 g/mol. The van der Waals surface area contributed by atoms with E-state index in [1.807, 2.05) is 6.07 Å². The van der Waals surface area contributed by atoms with E-state index in [2.05, 4.69) is 4.74 Å². The third-order valence-electron chi connectivity index (χ3n) is 2.56. The second-order valence-corrected chi connectivity index (χ2v) is 3.70. The zero-order valence-corrected chi connectivity index (χ0v) is 7.93. The SMILES string of the molecule is [2H][C@]12[C@H](C(C)=C[C@@]1([2H])OCC(F)(F)F)[C@@H]2C#N. The van der Waals surface area contributed by atoms with Crippen molar-refractivity contribution >= 4 is 0 Å². The monoisotopic (exact) mass is 219 g/mol. The maximum atomic E-state index is 12.1. The molecule has 2 aliphatic carbocycles. The van der Waals surface area contributed by atoms with Gasteiger partial charge in [-0.15, -0.1) is 0 Å². The second kappa shape index (κ2) is 3.24. The van der Waals surface area contributed by atoms with E-state index in [9.17, 15) is 13.2 Å². The van der Waals surface area contributed by atoms with Crippen LogP contribution in [0.2, 0.25) is 0 Å². The van der Waals surface area contributed by atoms with E-state index in [1.165, 1.54) is 6.08 Å². The molecule has 0 unspecified atom stereocenters. The number of allylic oxidation sites excluding steroid dienone is 1. The highest BCUT2D eigenvalue weighted by atomic mass is 19.4. The molecule has 0 amide bonds. The molecule has 0 heterocycles. The van der Waals surface area contributed by atoms with Crippen LogP contribution in [0.1, 0.15) is 9.67 Å². The predicted molar refractivity (Wildman–Crippen MR) is 45.6 cm³/mol. The Labute approximate surface area is 88.1 Å². The first-order chi connectivity index (χ1) is 7.66. The Morgan fingerprint density at radius 1 is 1.67 bits per heavy atom. The fourth-order valence-corrected chi connectivity index (χ4v) is 1.89. The lowest BCUT2D eigenvalue weighted by molar-refractivity contribution is -0.182. The number of ether oxygens (including phenoxy) is 1. The molecule has 0 aromatic heterocycles. The number of hydrogen-bond donors (Lipinski definition) is 0. The van der Waals surface area contributed by atoms with Crippen LogP contribution in [-0.2, 0) is 4.74 Å². The van der Waals surface area contributed by atoms with E-state index in [1.54, 1.807) is 6.92 Å². The lowest BCUT2D eigenvalue weighted by Crippen LogP contribution is -2.23. The van der Waals surface area contributed by atoms with E-state index in [-0.39, 0.29) is 0 Å². The molecule has 5 heteroatoms. The van der Waals surface area contributed by atoms with Crippen molar-refractivity contribution in [1.29, 1.82) is 5.26 Å². The minimum atomic E-state index is -4.54. The van der Waals surface area contributed by atoms with Crippen molar-refractivity contribution in [1.82, 2.24) is 0 Å². The topological polar surface area (TPSA) is 33.0 Å². The molecule has 0 N–H and O–H groups in total. The Balaban J connectivity index is 2.19. The van der Waals surface area contributed by atoms with Crippen LogP contribution in [-0.4, -0.2) is 18.9 Å². The van der Waals surface area contributed by atoms with Gasteiger partial charge in [0.25, 0.3) is 0 Å². The van der Waals surface area contributed by atoms with Gasteiger partial charge in [-0.1, -0.05) is 11.6 Å². The highest BCUT2D eigenvalue weighted by Crippen LogP contribution is 2.58. The predicted octanol–water partition coefficient (Wildman–Crippen LogP) is 2.28. The molecule has 15 heavy (non-hydrogen) atoms. The van der Waals surface area contributed by atoms with Crippen LogP contribution in [0.15, 0.2) is 11.6 Å². The Morgan fingerprint density at radius 2 is 2.33 bits per heavy atom. The van der Waals surface area contributed by atoms with Gasteiger partial charge < -0.3 is 4.74 Å². The van der Waals surface area contributed by atoms with E-state index >= 15 is 0 Å². The molecular formula is C10H10F3NO. The van der Waals surface area contributed by atoms with Crippen LogP contribution in [0.25, 0.3) is 0 Å². The molecule has 0 saturated heterocycles. The lowest BCUT2D eigenvalue weighted by Gasteiger charge is -2.13. The highest BCUT2D eigenvalue weighted by Gasteiger charge is 2.59. The van der Waals surface area contributed by atoms with Gasteiger partial charge in [-0.3, -0.25) is 0 Å². The standard InChI is InChI=1S/C10H10F3NO/c1-5-2-7(15-4-10(11,12)13)9-6(3-14)8(5)9/h2,6-9H,4H2,1H3/t6-,7+,8+,9+/m0/s1/i7D,9D. The van der Waals surface area contributed by atoms with Crippen molar-refractivity contribution in [3.63, 3.8) is 0 Å². The summed E-state index contributed by atoms with van der Waals surface area (Å²) >= 11 is 0. The van der Waals surface area contributed by atoms with Gasteiger partial charge >= 0.3 is 6.18 Å². The summed E-state index contributed by atoms with van der Waals surface area (Å²) in [6.45, 7) is 0.0321. The summed E-state index contributed by atoms with van der Waals surface area (Å²) in [7, 11) is 0. The van der Waals surface area contributed by atoms with Crippen molar-refractivity contribution in [3.05, 3.63) is 11.6 Å². The summed E-state index contributed by atoms with van der Waals surface area (Å²) in [5, 5.41) is 8.80. The first kappa shape index (κ1) is 8.17. The maximum Gasteiger partial charge on any atom is 0.411 e. The van der Waals surface area contributed by atoms with Crippen LogP contribution in [0.4, 0.5) is 13.2 Å². The smallest absolute Gasteiger partial charge is 0.364 e. The molecule has 1 saturated carbocycles. The van der Waals surface area contributed by atoms with Crippen molar-refractivity contribution in [2.24, 2.45) is 17.7 Å². The molecule has 0 spiro atoms. The molecule has 0 aliphatic heterocycles. The van der Waals surface area contributed by atoms with E-state index in [0.29, 0.717) is 5.57 Å². The minimum Gasteiger partial charge on any atom is -0.364 e. The summed E-state index contributed by atoms with van der Waals surface area (Å²) in [5.74, 6) is -2.81. The summed E-state index contributed by atoms with van der Waals surface area (Å²) in [6, 6.07) is 1.85. The first-order valence-corrected chi connectivity index (χ1v) is 4.45. The van der Waals surface area contributed by atoms with Crippen LogP contribution < -0.4 is 0 Å². The van der Waals surface area contributed by atoms with Crippen molar-refractivity contribution < 1.29 is 20.6 Å². The third-order valence-corrected chi connectivity index (χ3v) is 2.56. The normalized spacial score (nSPS) is 49.9. The highest BCUT2D eigenvalue weighted by molar-refractivity contribution is 5.33. The molecule has 0 aromatic carbocycles. The van der Waals surface area contributed by atoms with Gasteiger partial charge in [-0.25, -0.2) is 0 Å². The van der Waals surface area contributed by atoms with Gasteiger partial charge in [0.2, 0.25) is 0 Å². The van der Waals surface area contributed by atoms with Gasteiger partial charge in [0.1, 0.15) is 6.61 Å². The molecular weight excluding hydrogens is 207 g/mol. The summed E-state index contributed by atoms with van der Waals surface area (Å²) in [6.07, 6.45) is -5.40. The Hall–Kier alpha value is -1.02. The van der Waals surface area contributed by atoms with E-state index < -0.39 is 36.6 Å². The molecule has 0 aromatic rings. The summed E-state index contributed by atoms with van der Waals surface area (Å²) < 4.78 is 56.5. The molecule has 0 bridgehead atoms. The van der Waals surface area contributed by atoms with Gasteiger partial charge in [0.05, 0.1) is 19.4 Å². The van der Waals surface area contributed by atoms with Crippen LogP contribution in [0, 0.1) is 29.1 Å². The second-order valence-electron chi connectivity index (χ2n) is 3.70. The number of alkyl halides is 3. The van der Waals surface area contributed by atoms with Crippen LogP contribution in [0.5, 0.6) is 0 Å². The number of fused-ring (bicyclic) bond motifs is 1. The zero-order chi connectivity index (χ0) is 13.1. The Bertz CT molecular complexity index is 430. The van der Waals surface area contributed by atoms with Crippen LogP contribution >= 0.6 is 0 Å². The third kappa shape index (κ3) is 1.86. The molecule has 2 rings (SSSR count). The quantitative estimate of drug-likeness (QED) is 0.667. The molecule has 0 radical (unpaired) electrons. The van der Waals surface area contributed by atoms with Gasteiger partial charge in [0, 0.05) is 13.2 Å². The number of rotatable bonds is 2. The molecule has 1 fully saturated rings. The van der Waals surface area contributed by atoms with E-state index in [0.717, 1.165) is 0 Å². The molecule has 2 aliphatic rings. The number of hydrogen-bond acceptors (Lipinski definition) is 2. The Morgan fingerprint density at radius 3 is 2.80 bits per heavy atom. The van der Waals surface area contributed by atoms with Crippen molar-refractivity contribution in [2.75, 3.05) is 6.61 Å². The lowest BCUT2D eigenvalue weighted by atomic mass is 10.1. The van der Waals surface area contributed by atoms with Gasteiger partial charge in [-0.2, -0.15) is 18.4 Å². The van der Waals surface area contributed by atoms with Crippen LogP contribution in [0.3, 0.4) is 0 Å². The fourth-order valence-electron chi connectivity index (χ4n) is 1.89. The first-order valence-electron chi connectivity index (χ1n) is 5.45. The molecule has 82 valence electrons. The number of nitrogens with zero attached hydrogens (tertiary/aromatic N) is 1. The number of halogens is 3. The van der Waals surface area contributed by atoms with E-state index in [4.69, 9.17) is 8.00 Å². The van der Waals surface area contributed by atoms with Crippen molar-refractivity contribution in [3.8, 4) is 6.07 Å². The Kier molecular flexibility index (Phi) is 1.76. The summed E-state index contributed by atoms with van der Waals surface area (Å²) in [4.78, 5) is 0. The van der Waals surface area contributed by atoms with Gasteiger partial charge in [0.15, 0.2) is 0 Å². The maximum absolute atomic E-state index is 12.1. The minimum absolute atomic E-state index is 0.474. The summed E-state index contributed by atoms with van der Waals surface area (Å²) in [5.41, 5.74) is 0.587. The molecule has 4 atom stereocenters. The largest absolute Gasteiger partial charge is 0.411 e.